The second kappa shape index (κ2) is 6.33. The summed E-state index contributed by atoms with van der Waals surface area (Å²) in [6.45, 7) is 0.887. The van der Waals surface area contributed by atoms with Crippen molar-refractivity contribution in [3.05, 3.63) is 29.8 Å². The Morgan fingerprint density at radius 1 is 1.28 bits per heavy atom. The monoisotopic (exact) mass is 271 g/mol. The van der Waals surface area contributed by atoms with E-state index in [-0.39, 0.29) is 5.75 Å². The molecule has 2 N–H and O–H groups in total. The second-order valence-corrected chi connectivity index (χ2v) is 6.70. The zero-order valence-corrected chi connectivity index (χ0v) is 11.4. The maximum Gasteiger partial charge on any atom is 0.488 e. The average Bonchev–Trinajstić information content (AvgIpc) is 2.26. The van der Waals surface area contributed by atoms with E-state index in [4.69, 9.17) is 0 Å². The summed E-state index contributed by atoms with van der Waals surface area (Å²) in [5.74, 6) is 0.0906. The first kappa shape index (κ1) is 15.2. The van der Waals surface area contributed by atoms with Crippen molar-refractivity contribution in [2.75, 3.05) is 25.6 Å². The van der Waals surface area contributed by atoms with Crippen molar-refractivity contribution in [3.63, 3.8) is 0 Å². The third-order valence-electron chi connectivity index (χ3n) is 2.62. The van der Waals surface area contributed by atoms with E-state index in [1.807, 2.05) is 11.0 Å². The van der Waals surface area contributed by atoms with Gasteiger partial charge >= 0.3 is 7.12 Å². The summed E-state index contributed by atoms with van der Waals surface area (Å²) in [7, 11) is -2.69. The average molecular weight is 271 g/mol. The van der Waals surface area contributed by atoms with Crippen LogP contribution >= 0.6 is 0 Å². The zero-order chi connectivity index (χ0) is 13.8. The van der Waals surface area contributed by atoms with Crippen LogP contribution in [0.3, 0.4) is 0 Å². The van der Waals surface area contributed by atoms with E-state index in [9.17, 15) is 18.5 Å². The van der Waals surface area contributed by atoms with Gasteiger partial charge < -0.3 is 14.9 Å². The molecule has 0 atom stereocenters. The third kappa shape index (κ3) is 5.18. The molecule has 0 amide bonds. The molecule has 1 aromatic carbocycles. The van der Waals surface area contributed by atoms with Gasteiger partial charge in [0.05, 0.1) is 5.75 Å². The molecule has 0 saturated heterocycles. The minimum absolute atomic E-state index is 0.0906. The zero-order valence-electron chi connectivity index (χ0n) is 10.6. The highest BCUT2D eigenvalue weighted by atomic mass is 32.2. The number of sulfone groups is 1. The molecule has 0 aliphatic heterocycles. The lowest BCUT2D eigenvalue weighted by molar-refractivity contribution is 0.346. The van der Waals surface area contributed by atoms with Crippen molar-refractivity contribution in [2.24, 2.45) is 0 Å². The molecule has 0 spiro atoms. The topological polar surface area (TPSA) is 77.8 Å². The van der Waals surface area contributed by atoms with Crippen LogP contribution in [0.5, 0.6) is 0 Å². The molecule has 0 radical (unpaired) electrons. The first-order valence-electron chi connectivity index (χ1n) is 5.60. The van der Waals surface area contributed by atoms with Gasteiger partial charge in [0, 0.05) is 19.3 Å². The van der Waals surface area contributed by atoms with Crippen molar-refractivity contribution in [1.29, 1.82) is 0 Å². The lowest BCUT2D eigenvalue weighted by Crippen LogP contribution is -2.35. The van der Waals surface area contributed by atoms with Crippen LogP contribution in [-0.2, 0) is 16.4 Å². The molecule has 1 aromatic rings. The fraction of sp³-hybridized carbons (Fsp3) is 0.455. The lowest BCUT2D eigenvalue weighted by Gasteiger charge is -2.18. The van der Waals surface area contributed by atoms with Gasteiger partial charge in [-0.2, -0.15) is 0 Å². The van der Waals surface area contributed by atoms with Crippen LogP contribution in [0.2, 0.25) is 0 Å². The molecule has 7 heteroatoms. The van der Waals surface area contributed by atoms with E-state index in [0.717, 1.165) is 5.56 Å². The van der Waals surface area contributed by atoms with Crippen LogP contribution in [0, 0.1) is 0 Å². The van der Waals surface area contributed by atoms with Gasteiger partial charge in [0.2, 0.25) is 0 Å². The van der Waals surface area contributed by atoms with Crippen LogP contribution in [0.25, 0.3) is 0 Å². The van der Waals surface area contributed by atoms with E-state index in [0.29, 0.717) is 18.6 Å². The van der Waals surface area contributed by atoms with E-state index in [1.54, 1.807) is 25.2 Å². The highest BCUT2D eigenvalue weighted by Gasteiger charge is 2.16. The lowest BCUT2D eigenvalue weighted by atomic mass is 9.77. The van der Waals surface area contributed by atoms with Gasteiger partial charge in [0.25, 0.3) is 0 Å². The Kier molecular flexibility index (Phi) is 5.34. The highest BCUT2D eigenvalue weighted by molar-refractivity contribution is 7.90. The summed E-state index contributed by atoms with van der Waals surface area (Å²) >= 11 is 0. The van der Waals surface area contributed by atoms with Gasteiger partial charge in [-0.05, 0) is 18.1 Å². The van der Waals surface area contributed by atoms with Gasteiger partial charge in [0.1, 0.15) is 9.84 Å². The van der Waals surface area contributed by atoms with Gasteiger partial charge in [-0.1, -0.05) is 24.3 Å². The molecule has 1 rings (SSSR count). The largest absolute Gasteiger partial charge is 0.488 e. The molecular formula is C11H18BNO4S. The summed E-state index contributed by atoms with van der Waals surface area (Å²) < 4.78 is 22.1. The van der Waals surface area contributed by atoms with Crippen molar-refractivity contribution in [3.8, 4) is 0 Å². The molecule has 0 aromatic heterocycles. The Labute approximate surface area is 108 Å². The van der Waals surface area contributed by atoms with Crippen LogP contribution in [0.4, 0.5) is 0 Å². The standard InChI is InChI=1S/C11H18BNO4S/c1-13(7-8-18(2,16)17)9-10-5-3-4-6-11(10)12(14)15/h3-6,14-15H,7-9H2,1-2H3. The smallest absolute Gasteiger partial charge is 0.423 e. The Morgan fingerprint density at radius 2 is 1.89 bits per heavy atom. The fourth-order valence-corrected chi connectivity index (χ4v) is 2.26. The third-order valence-corrected chi connectivity index (χ3v) is 3.54. The predicted octanol–water partition coefficient (Wildman–Crippen LogP) is -1.16. The molecule has 0 aliphatic rings. The molecule has 0 fully saturated rings. The van der Waals surface area contributed by atoms with E-state index >= 15 is 0 Å². The maximum atomic E-state index is 11.1. The van der Waals surface area contributed by atoms with Crippen LogP contribution in [0.1, 0.15) is 5.56 Å². The summed E-state index contributed by atoms with van der Waals surface area (Å²) in [6.07, 6.45) is 1.20. The van der Waals surface area contributed by atoms with Crippen molar-refractivity contribution < 1.29 is 18.5 Å². The Balaban J connectivity index is 2.67. The molecule has 0 unspecified atom stereocenters. The minimum atomic E-state index is -2.98. The number of rotatable bonds is 6. The maximum absolute atomic E-state index is 11.1. The van der Waals surface area contributed by atoms with Gasteiger partial charge in [-0.15, -0.1) is 0 Å². The van der Waals surface area contributed by atoms with E-state index < -0.39 is 17.0 Å². The normalized spacial score (nSPS) is 11.8. The van der Waals surface area contributed by atoms with E-state index in [1.165, 1.54) is 6.26 Å². The summed E-state index contributed by atoms with van der Waals surface area (Å²) in [4.78, 5) is 1.84. The number of hydrogen-bond acceptors (Lipinski definition) is 5. The van der Waals surface area contributed by atoms with E-state index in [2.05, 4.69) is 0 Å². The minimum Gasteiger partial charge on any atom is -0.423 e. The molecule has 0 bridgehead atoms. The number of benzene rings is 1. The summed E-state index contributed by atoms with van der Waals surface area (Å²) in [5, 5.41) is 18.4. The molecule has 0 saturated carbocycles. The van der Waals surface area contributed by atoms with Crippen LogP contribution < -0.4 is 5.46 Å². The second-order valence-electron chi connectivity index (χ2n) is 4.44. The number of hydrogen-bond donors (Lipinski definition) is 2. The Morgan fingerprint density at radius 3 is 2.44 bits per heavy atom. The first-order valence-corrected chi connectivity index (χ1v) is 7.66. The summed E-state index contributed by atoms with van der Waals surface area (Å²) in [6, 6.07) is 6.98. The molecular weight excluding hydrogens is 253 g/mol. The quantitative estimate of drug-likeness (QED) is 0.638. The van der Waals surface area contributed by atoms with Crippen LogP contribution in [-0.4, -0.2) is 56.1 Å². The molecule has 0 heterocycles. The highest BCUT2D eigenvalue weighted by Crippen LogP contribution is 2.02. The summed E-state index contributed by atoms with van der Waals surface area (Å²) in [5.41, 5.74) is 1.23. The SMILES string of the molecule is CN(CCS(C)(=O)=O)Cc1ccccc1B(O)O. The Hall–Kier alpha value is -0.885. The number of nitrogens with zero attached hydrogens (tertiary/aromatic N) is 1. The fourth-order valence-electron chi connectivity index (χ4n) is 1.62. The Bertz CT molecular complexity index is 490. The molecule has 100 valence electrons. The van der Waals surface area contributed by atoms with Gasteiger partial charge in [-0.3, -0.25) is 0 Å². The predicted molar refractivity (Wildman–Crippen MR) is 72.3 cm³/mol. The molecule has 5 nitrogen and oxygen atoms in total. The molecule has 18 heavy (non-hydrogen) atoms. The first-order chi connectivity index (χ1) is 8.29. The van der Waals surface area contributed by atoms with Gasteiger partial charge in [-0.25, -0.2) is 8.42 Å². The molecule has 0 aliphatic carbocycles. The van der Waals surface area contributed by atoms with Crippen LogP contribution in [0.15, 0.2) is 24.3 Å². The van der Waals surface area contributed by atoms with Crippen molar-refractivity contribution >= 4 is 22.4 Å². The van der Waals surface area contributed by atoms with Gasteiger partial charge in [0.15, 0.2) is 0 Å². The van der Waals surface area contributed by atoms with Crippen molar-refractivity contribution in [1.82, 2.24) is 4.90 Å². The van der Waals surface area contributed by atoms with Crippen molar-refractivity contribution in [2.45, 2.75) is 6.54 Å².